The number of hydrogen-bond acceptors (Lipinski definition) is 5. The van der Waals surface area contributed by atoms with E-state index in [1.807, 2.05) is 20.8 Å². The Morgan fingerprint density at radius 3 is 2.89 bits per heavy atom. The lowest BCUT2D eigenvalue weighted by Crippen LogP contribution is -2.40. The molecule has 102 valence electrons. The molecular weight excluding hydrogens is 240 g/mol. The largest absolute Gasteiger partial charge is 0.377 e. The zero-order chi connectivity index (χ0) is 13.8. The summed E-state index contributed by atoms with van der Waals surface area (Å²) in [6, 6.07) is 2.26. The van der Waals surface area contributed by atoms with Gasteiger partial charge in [-0.3, -0.25) is 0 Å². The van der Waals surface area contributed by atoms with Gasteiger partial charge in [0.25, 0.3) is 0 Å². The van der Waals surface area contributed by atoms with E-state index >= 15 is 0 Å². The van der Waals surface area contributed by atoms with Gasteiger partial charge in [0.2, 0.25) is 0 Å². The Hall–Kier alpha value is -1.67. The molecule has 0 aromatic carbocycles. The highest BCUT2D eigenvalue weighted by molar-refractivity contribution is 5.57. The zero-order valence-electron chi connectivity index (χ0n) is 11.8. The molecule has 1 aliphatic rings. The van der Waals surface area contributed by atoms with Gasteiger partial charge in [0, 0.05) is 19.7 Å². The average molecular weight is 260 g/mol. The monoisotopic (exact) mass is 260 g/mol. The molecule has 0 bridgehead atoms. The van der Waals surface area contributed by atoms with Gasteiger partial charge in [0.15, 0.2) is 5.82 Å². The van der Waals surface area contributed by atoms with Crippen LogP contribution in [0, 0.1) is 25.2 Å². The zero-order valence-corrected chi connectivity index (χ0v) is 11.8. The van der Waals surface area contributed by atoms with Crippen molar-refractivity contribution in [1.82, 2.24) is 10.2 Å². The first-order chi connectivity index (χ1) is 9.17. The van der Waals surface area contributed by atoms with Crippen LogP contribution in [0.3, 0.4) is 0 Å². The maximum absolute atomic E-state index is 9.35. The Bertz CT molecular complexity index is 493. The highest BCUT2D eigenvalue weighted by Gasteiger charge is 2.24. The number of aromatic nitrogens is 2. The Kier molecular flexibility index (Phi) is 4.33. The van der Waals surface area contributed by atoms with Gasteiger partial charge in [-0.25, -0.2) is 0 Å². The molecule has 0 amide bonds. The molecule has 1 aromatic rings. The van der Waals surface area contributed by atoms with Gasteiger partial charge in [0.05, 0.1) is 11.8 Å². The van der Waals surface area contributed by atoms with Gasteiger partial charge in [-0.1, -0.05) is 0 Å². The van der Waals surface area contributed by atoms with Crippen LogP contribution in [0.15, 0.2) is 0 Å². The molecule has 1 unspecified atom stereocenters. The molecule has 1 saturated heterocycles. The second-order valence-corrected chi connectivity index (χ2v) is 4.89. The molecule has 0 aliphatic carbocycles. The van der Waals surface area contributed by atoms with Crippen LogP contribution in [0.1, 0.15) is 36.6 Å². The van der Waals surface area contributed by atoms with E-state index in [1.54, 1.807) is 0 Å². The van der Waals surface area contributed by atoms with Gasteiger partial charge in [-0.2, -0.15) is 10.4 Å². The molecule has 0 saturated carbocycles. The lowest BCUT2D eigenvalue weighted by molar-refractivity contribution is 0.0524. The third-order valence-electron chi connectivity index (χ3n) is 3.63. The normalized spacial score (nSPS) is 19.3. The van der Waals surface area contributed by atoms with Crippen LogP contribution >= 0.6 is 0 Å². The SMILES string of the molecule is CCOC1CCCN(c2nnc(C)c(C)c2C#N)C1. The van der Waals surface area contributed by atoms with Crippen LogP contribution in [0.25, 0.3) is 0 Å². The van der Waals surface area contributed by atoms with Crippen LogP contribution in [0.2, 0.25) is 0 Å². The molecule has 19 heavy (non-hydrogen) atoms. The molecule has 1 aromatic heterocycles. The van der Waals surface area contributed by atoms with E-state index in [4.69, 9.17) is 4.74 Å². The lowest BCUT2D eigenvalue weighted by Gasteiger charge is -2.33. The van der Waals surface area contributed by atoms with E-state index < -0.39 is 0 Å². The van der Waals surface area contributed by atoms with E-state index in [9.17, 15) is 5.26 Å². The second-order valence-electron chi connectivity index (χ2n) is 4.89. The van der Waals surface area contributed by atoms with Crippen LogP contribution in [-0.2, 0) is 4.74 Å². The van der Waals surface area contributed by atoms with Gasteiger partial charge >= 0.3 is 0 Å². The summed E-state index contributed by atoms with van der Waals surface area (Å²) in [6.45, 7) is 8.25. The molecule has 0 radical (unpaired) electrons. The van der Waals surface area contributed by atoms with Crippen molar-refractivity contribution in [3.8, 4) is 6.07 Å². The minimum absolute atomic E-state index is 0.230. The van der Waals surface area contributed by atoms with Gasteiger partial charge < -0.3 is 9.64 Å². The summed E-state index contributed by atoms with van der Waals surface area (Å²) in [6.07, 6.45) is 2.36. The Morgan fingerprint density at radius 1 is 1.42 bits per heavy atom. The Labute approximate surface area is 114 Å². The number of hydrogen-bond donors (Lipinski definition) is 0. The topological polar surface area (TPSA) is 62.0 Å². The van der Waals surface area contributed by atoms with E-state index in [0.717, 1.165) is 43.8 Å². The summed E-state index contributed by atoms with van der Waals surface area (Å²) in [5.74, 6) is 0.704. The number of piperidine rings is 1. The molecule has 2 heterocycles. The lowest BCUT2D eigenvalue weighted by atomic mass is 10.1. The maximum atomic E-state index is 9.35. The van der Waals surface area contributed by atoms with Crippen molar-refractivity contribution in [2.75, 3.05) is 24.6 Å². The van der Waals surface area contributed by atoms with Gasteiger partial charge in [-0.05, 0) is 39.2 Å². The molecule has 2 rings (SSSR count). The van der Waals surface area contributed by atoms with Crippen LogP contribution in [-0.4, -0.2) is 36.0 Å². The summed E-state index contributed by atoms with van der Waals surface area (Å²) in [5.41, 5.74) is 2.38. The van der Waals surface area contributed by atoms with Crippen molar-refractivity contribution < 1.29 is 4.74 Å². The van der Waals surface area contributed by atoms with Gasteiger partial charge in [-0.15, -0.1) is 5.10 Å². The van der Waals surface area contributed by atoms with Crippen LogP contribution < -0.4 is 4.90 Å². The van der Waals surface area contributed by atoms with Crippen molar-refractivity contribution in [3.63, 3.8) is 0 Å². The highest BCUT2D eigenvalue weighted by Crippen LogP contribution is 2.25. The summed E-state index contributed by atoms with van der Waals surface area (Å²) in [7, 11) is 0. The standard InChI is InChI=1S/C14H20N4O/c1-4-19-12-6-5-7-18(9-12)14-13(8-15)10(2)11(3)16-17-14/h12H,4-7,9H2,1-3H3. The first kappa shape index (κ1) is 13.8. The molecule has 0 spiro atoms. The molecule has 1 aliphatic heterocycles. The fourth-order valence-electron chi connectivity index (χ4n) is 2.45. The summed E-state index contributed by atoms with van der Waals surface area (Å²) >= 11 is 0. The Morgan fingerprint density at radius 2 is 2.21 bits per heavy atom. The van der Waals surface area contributed by atoms with Crippen LogP contribution in [0.5, 0.6) is 0 Å². The number of aryl methyl sites for hydroxylation is 1. The smallest absolute Gasteiger partial charge is 0.169 e. The van der Waals surface area contributed by atoms with E-state index in [2.05, 4.69) is 21.2 Å². The van der Waals surface area contributed by atoms with E-state index in [1.165, 1.54) is 0 Å². The molecule has 1 atom stereocenters. The summed E-state index contributed by atoms with van der Waals surface area (Å²) in [4.78, 5) is 2.13. The fourth-order valence-corrected chi connectivity index (χ4v) is 2.45. The predicted molar refractivity (Wildman–Crippen MR) is 73.1 cm³/mol. The molecular formula is C14H20N4O. The summed E-state index contributed by atoms with van der Waals surface area (Å²) in [5, 5.41) is 17.7. The molecule has 1 fully saturated rings. The first-order valence-electron chi connectivity index (χ1n) is 6.77. The number of rotatable bonds is 3. The summed E-state index contributed by atoms with van der Waals surface area (Å²) < 4.78 is 5.69. The second kappa shape index (κ2) is 5.98. The predicted octanol–water partition coefficient (Wildman–Crippen LogP) is 1.97. The minimum atomic E-state index is 0.230. The molecule has 0 N–H and O–H groups in total. The van der Waals surface area contributed by atoms with E-state index in [-0.39, 0.29) is 6.10 Å². The van der Waals surface area contributed by atoms with Crippen molar-refractivity contribution in [2.45, 2.75) is 39.7 Å². The quantitative estimate of drug-likeness (QED) is 0.831. The first-order valence-corrected chi connectivity index (χ1v) is 6.77. The van der Waals surface area contributed by atoms with Crippen molar-refractivity contribution in [1.29, 1.82) is 5.26 Å². The number of nitriles is 1. The van der Waals surface area contributed by atoms with Crippen molar-refractivity contribution in [3.05, 3.63) is 16.8 Å². The highest BCUT2D eigenvalue weighted by atomic mass is 16.5. The van der Waals surface area contributed by atoms with Crippen molar-refractivity contribution in [2.24, 2.45) is 0 Å². The maximum Gasteiger partial charge on any atom is 0.169 e. The third kappa shape index (κ3) is 2.85. The number of anilines is 1. The molecule has 5 nitrogen and oxygen atoms in total. The van der Waals surface area contributed by atoms with Crippen LogP contribution in [0.4, 0.5) is 5.82 Å². The number of ether oxygens (including phenoxy) is 1. The fraction of sp³-hybridized carbons (Fsp3) is 0.643. The van der Waals surface area contributed by atoms with Gasteiger partial charge in [0.1, 0.15) is 11.6 Å². The van der Waals surface area contributed by atoms with E-state index in [0.29, 0.717) is 11.4 Å². The van der Waals surface area contributed by atoms with Crippen molar-refractivity contribution >= 4 is 5.82 Å². The molecule has 5 heteroatoms. The third-order valence-corrected chi connectivity index (χ3v) is 3.63. The average Bonchev–Trinajstić information content (AvgIpc) is 2.42. The minimum Gasteiger partial charge on any atom is -0.377 e. The Balaban J connectivity index is 2.27. The number of nitrogens with zero attached hydrogens (tertiary/aromatic N) is 4.